The normalized spacial score (nSPS) is 10.7. The standard InChI is InChI=1S/C22H19BrClN3O2/c23-18-10-8-16(9-11-18)15-29-21-7-2-1-4-17(21)13-26-27-22(28)14-25-20-6-3-5-19(24)12-20/h1-13,25H,14-15H2,(H,27,28)/b26-13+. The van der Waals surface area contributed by atoms with Crippen LogP contribution in [0.1, 0.15) is 11.1 Å². The highest BCUT2D eigenvalue weighted by molar-refractivity contribution is 9.10. The number of benzene rings is 3. The van der Waals surface area contributed by atoms with Crippen LogP contribution in [0, 0.1) is 0 Å². The van der Waals surface area contributed by atoms with E-state index in [0.29, 0.717) is 17.4 Å². The fourth-order valence-corrected chi connectivity index (χ4v) is 2.91. The molecule has 0 saturated carbocycles. The van der Waals surface area contributed by atoms with Crippen molar-refractivity contribution in [3.8, 4) is 5.75 Å². The third-order valence-electron chi connectivity index (χ3n) is 3.90. The molecule has 0 heterocycles. The predicted octanol–water partition coefficient (Wildman–Crippen LogP) is 5.24. The Morgan fingerprint density at radius 3 is 2.66 bits per heavy atom. The number of rotatable bonds is 8. The summed E-state index contributed by atoms with van der Waals surface area (Å²) >= 11 is 9.34. The minimum absolute atomic E-state index is 0.0827. The van der Waals surface area contributed by atoms with Gasteiger partial charge >= 0.3 is 0 Å². The molecule has 148 valence electrons. The zero-order valence-corrected chi connectivity index (χ0v) is 17.8. The summed E-state index contributed by atoms with van der Waals surface area (Å²) in [5.41, 5.74) is 5.09. The first kappa shape index (κ1) is 20.9. The zero-order chi connectivity index (χ0) is 20.5. The second-order valence-corrected chi connectivity index (χ2v) is 7.46. The van der Waals surface area contributed by atoms with E-state index >= 15 is 0 Å². The van der Waals surface area contributed by atoms with Gasteiger partial charge in [0, 0.05) is 20.7 Å². The van der Waals surface area contributed by atoms with E-state index in [1.165, 1.54) is 0 Å². The molecule has 0 bridgehead atoms. The Balaban J connectivity index is 1.52. The number of nitrogens with one attached hydrogen (secondary N) is 2. The van der Waals surface area contributed by atoms with Crippen molar-refractivity contribution in [2.45, 2.75) is 6.61 Å². The van der Waals surface area contributed by atoms with Crippen molar-refractivity contribution in [2.24, 2.45) is 5.10 Å². The summed E-state index contributed by atoms with van der Waals surface area (Å²) in [5, 5.41) is 7.62. The van der Waals surface area contributed by atoms with Crippen molar-refractivity contribution < 1.29 is 9.53 Å². The molecule has 0 radical (unpaired) electrons. The maximum atomic E-state index is 12.0. The number of carbonyl (C=O) groups is 1. The summed E-state index contributed by atoms with van der Waals surface area (Å²) < 4.78 is 6.92. The molecular formula is C22H19BrClN3O2. The van der Waals surface area contributed by atoms with Gasteiger partial charge in [-0.2, -0.15) is 5.10 Å². The maximum absolute atomic E-state index is 12.0. The van der Waals surface area contributed by atoms with E-state index in [-0.39, 0.29) is 12.5 Å². The molecule has 7 heteroatoms. The first-order valence-electron chi connectivity index (χ1n) is 8.88. The van der Waals surface area contributed by atoms with Crippen molar-refractivity contribution in [1.82, 2.24) is 5.43 Å². The molecule has 0 aliphatic heterocycles. The topological polar surface area (TPSA) is 62.7 Å². The van der Waals surface area contributed by atoms with Gasteiger partial charge in [-0.15, -0.1) is 0 Å². The van der Waals surface area contributed by atoms with Gasteiger partial charge in [0.2, 0.25) is 0 Å². The van der Waals surface area contributed by atoms with Crippen LogP contribution in [0.3, 0.4) is 0 Å². The van der Waals surface area contributed by atoms with E-state index in [0.717, 1.165) is 21.3 Å². The van der Waals surface area contributed by atoms with E-state index in [1.807, 2.05) is 60.7 Å². The van der Waals surface area contributed by atoms with Crippen LogP contribution in [0.2, 0.25) is 5.02 Å². The SMILES string of the molecule is O=C(CNc1cccc(Cl)c1)N/N=C/c1ccccc1OCc1ccc(Br)cc1. The Kier molecular flexibility index (Phi) is 7.67. The minimum Gasteiger partial charge on any atom is -0.488 e. The molecule has 3 aromatic carbocycles. The quantitative estimate of drug-likeness (QED) is 0.348. The van der Waals surface area contributed by atoms with Crippen LogP contribution in [0.4, 0.5) is 5.69 Å². The van der Waals surface area contributed by atoms with Gasteiger partial charge in [0.25, 0.3) is 5.91 Å². The lowest BCUT2D eigenvalue weighted by Crippen LogP contribution is -2.25. The molecule has 0 aliphatic rings. The molecule has 0 saturated heterocycles. The van der Waals surface area contributed by atoms with E-state index in [4.69, 9.17) is 16.3 Å². The van der Waals surface area contributed by atoms with Crippen LogP contribution in [-0.2, 0) is 11.4 Å². The second-order valence-electron chi connectivity index (χ2n) is 6.11. The number of carbonyl (C=O) groups excluding carboxylic acids is 1. The van der Waals surface area contributed by atoms with Gasteiger partial charge in [-0.05, 0) is 48.0 Å². The van der Waals surface area contributed by atoms with E-state index < -0.39 is 0 Å². The fourth-order valence-electron chi connectivity index (χ4n) is 2.45. The number of ether oxygens (including phenoxy) is 1. The van der Waals surface area contributed by atoms with Crippen LogP contribution >= 0.6 is 27.5 Å². The molecule has 0 spiro atoms. The average molecular weight is 473 g/mol. The Labute approximate surface area is 182 Å². The Morgan fingerprint density at radius 1 is 1.07 bits per heavy atom. The predicted molar refractivity (Wildman–Crippen MR) is 121 cm³/mol. The molecule has 1 amide bonds. The molecule has 0 aromatic heterocycles. The Hall–Kier alpha value is -2.83. The third-order valence-corrected chi connectivity index (χ3v) is 4.66. The van der Waals surface area contributed by atoms with Crippen LogP contribution in [0.5, 0.6) is 5.75 Å². The number of hydrogen-bond acceptors (Lipinski definition) is 4. The molecule has 29 heavy (non-hydrogen) atoms. The van der Waals surface area contributed by atoms with E-state index in [9.17, 15) is 4.79 Å². The highest BCUT2D eigenvalue weighted by Crippen LogP contribution is 2.18. The molecule has 0 aliphatic carbocycles. The van der Waals surface area contributed by atoms with E-state index in [2.05, 4.69) is 31.8 Å². The molecule has 5 nitrogen and oxygen atoms in total. The molecule has 0 unspecified atom stereocenters. The van der Waals surface area contributed by atoms with Gasteiger partial charge in [-0.25, -0.2) is 5.43 Å². The number of nitrogens with zero attached hydrogens (tertiary/aromatic N) is 1. The summed E-state index contributed by atoms with van der Waals surface area (Å²) in [5.74, 6) is 0.417. The largest absolute Gasteiger partial charge is 0.488 e. The van der Waals surface area contributed by atoms with Crippen LogP contribution < -0.4 is 15.5 Å². The monoisotopic (exact) mass is 471 g/mol. The lowest BCUT2D eigenvalue weighted by molar-refractivity contribution is -0.119. The molecule has 3 rings (SSSR count). The number of para-hydroxylation sites is 1. The van der Waals surface area contributed by atoms with Crippen LogP contribution in [-0.4, -0.2) is 18.7 Å². The van der Waals surface area contributed by atoms with E-state index in [1.54, 1.807) is 18.3 Å². The highest BCUT2D eigenvalue weighted by atomic mass is 79.9. The smallest absolute Gasteiger partial charge is 0.259 e. The number of hydrogen-bond donors (Lipinski definition) is 2. The van der Waals surface area contributed by atoms with Gasteiger partial charge < -0.3 is 10.1 Å². The second kappa shape index (κ2) is 10.6. The third kappa shape index (κ3) is 6.93. The number of hydrazone groups is 1. The summed E-state index contributed by atoms with van der Waals surface area (Å²) in [4.78, 5) is 12.0. The Bertz CT molecular complexity index is 993. The number of amides is 1. The summed E-state index contributed by atoms with van der Waals surface area (Å²) in [6.07, 6.45) is 1.56. The van der Waals surface area contributed by atoms with Gasteiger partial charge in [-0.1, -0.05) is 57.9 Å². The van der Waals surface area contributed by atoms with Crippen molar-refractivity contribution >= 4 is 45.3 Å². The van der Waals surface area contributed by atoms with Gasteiger partial charge in [0.05, 0.1) is 12.8 Å². The van der Waals surface area contributed by atoms with Crippen molar-refractivity contribution in [2.75, 3.05) is 11.9 Å². The average Bonchev–Trinajstić information content (AvgIpc) is 2.73. The first-order chi connectivity index (χ1) is 14.1. The zero-order valence-electron chi connectivity index (χ0n) is 15.4. The molecule has 3 aromatic rings. The van der Waals surface area contributed by atoms with Crippen LogP contribution in [0.25, 0.3) is 0 Å². The molecule has 0 atom stereocenters. The van der Waals surface area contributed by atoms with Crippen molar-refractivity contribution in [1.29, 1.82) is 0 Å². The minimum atomic E-state index is -0.269. The summed E-state index contributed by atoms with van der Waals surface area (Å²) in [6.45, 7) is 0.521. The fraction of sp³-hybridized carbons (Fsp3) is 0.0909. The van der Waals surface area contributed by atoms with Crippen LogP contribution in [0.15, 0.2) is 82.4 Å². The summed E-state index contributed by atoms with van der Waals surface area (Å²) in [6, 6.07) is 22.6. The number of halogens is 2. The van der Waals surface area contributed by atoms with Gasteiger partial charge in [-0.3, -0.25) is 4.79 Å². The molecule has 2 N–H and O–H groups in total. The molecular weight excluding hydrogens is 454 g/mol. The number of anilines is 1. The van der Waals surface area contributed by atoms with Gasteiger partial charge in [0.15, 0.2) is 0 Å². The first-order valence-corrected chi connectivity index (χ1v) is 10.0. The lowest BCUT2D eigenvalue weighted by atomic mass is 10.2. The lowest BCUT2D eigenvalue weighted by Gasteiger charge is -2.09. The van der Waals surface area contributed by atoms with Gasteiger partial charge in [0.1, 0.15) is 12.4 Å². The van der Waals surface area contributed by atoms with Crippen molar-refractivity contribution in [3.05, 3.63) is 93.4 Å². The Morgan fingerprint density at radius 2 is 1.86 bits per heavy atom. The van der Waals surface area contributed by atoms with Crippen molar-refractivity contribution in [3.63, 3.8) is 0 Å². The highest BCUT2D eigenvalue weighted by Gasteiger charge is 2.03. The maximum Gasteiger partial charge on any atom is 0.259 e. The summed E-state index contributed by atoms with van der Waals surface area (Å²) in [7, 11) is 0. The molecule has 0 fully saturated rings.